The molecule has 1 amide bonds. The molecule has 168 valence electrons. The lowest BCUT2D eigenvalue weighted by atomic mass is 9.89. The zero-order valence-corrected chi connectivity index (χ0v) is 17.8. The number of nitrogens with zero attached hydrogens (tertiary/aromatic N) is 1. The van der Waals surface area contributed by atoms with Crippen molar-refractivity contribution in [2.75, 3.05) is 13.1 Å². The number of sulfonamides is 1. The minimum absolute atomic E-state index is 0.0117. The maximum atomic E-state index is 12.7. The van der Waals surface area contributed by atoms with Gasteiger partial charge in [-0.15, -0.1) is 0 Å². The second-order valence-electron chi connectivity index (χ2n) is 8.30. The second-order valence-corrected chi connectivity index (χ2v) is 10.0. The van der Waals surface area contributed by atoms with Gasteiger partial charge in [0.05, 0.1) is 4.90 Å². The average molecular weight is 447 g/mol. The fourth-order valence-corrected chi connectivity index (χ4v) is 5.68. The van der Waals surface area contributed by atoms with E-state index in [1.807, 2.05) is 0 Å². The van der Waals surface area contributed by atoms with E-state index in [1.54, 1.807) is 24.3 Å². The third-order valence-corrected chi connectivity index (χ3v) is 7.65. The summed E-state index contributed by atoms with van der Waals surface area (Å²) in [4.78, 5) is 12.4. The number of nitrogens with one attached hydrogen (secondary N) is 1. The quantitative estimate of drug-likeness (QED) is 0.748. The number of benzene rings is 1. The van der Waals surface area contributed by atoms with E-state index < -0.39 is 22.1 Å². The second kappa shape index (κ2) is 9.68. The van der Waals surface area contributed by atoms with Gasteiger partial charge in [-0.1, -0.05) is 44.2 Å². The van der Waals surface area contributed by atoms with Crippen molar-refractivity contribution in [2.24, 2.45) is 0 Å². The summed E-state index contributed by atoms with van der Waals surface area (Å²) in [5.74, 6) is -1.78. The Labute approximate surface area is 176 Å². The van der Waals surface area contributed by atoms with Crippen molar-refractivity contribution >= 4 is 15.9 Å². The fourth-order valence-electron chi connectivity index (χ4n) is 4.38. The number of carbonyl (C=O) groups excluding carboxylic acids is 1. The summed E-state index contributed by atoms with van der Waals surface area (Å²) in [6.45, 7) is 0.0958. The molecule has 0 unspecified atom stereocenters. The maximum Gasteiger partial charge on any atom is 0.471 e. The van der Waals surface area contributed by atoms with Crippen LogP contribution < -0.4 is 4.72 Å². The predicted octanol–water partition coefficient (Wildman–Crippen LogP) is 4.35. The Balaban J connectivity index is 1.58. The number of carbonyl (C=O) groups is 1. The van der Waals surface area contributed by atoms with Gasteiger partial charge in [0.1, 0.15) is 0 Å². The van der Waals surface area contributed by atoms with Crippen LogP contribution in [0.2, 0.25) is 0 Å². The molecule has 1 saturated heterocycles. The van der Waals surface area contributed by atoms with Crippen molar-refractivity contribution in [3.05, 3.63) is 29.8 Å². The lowest BCUT2D eigenvalue weighted by molar-refractivity contribution is -0.186. The van der Waals surface area contributed by atoms with Gasteiger partial charge in [0.25, 0.3) is 0 Å². The fraction of sp³-hybridized carbons (Fsp3) is 0.667. The summed E-state index contributed by atoms with van der Waals surface area (Å²) in [6.07, 6.45) is 3.27. The summed E-state index contributed by atoms with van der Waals surface area (Å²) in [6, 6.07) is 6.56. The van der Waals surface area contributed by atoms with E-state index in [1.165, 1.54) is 6.42 Å². The Kier molecular flexibility index (Phi) is 7.44. The number of piperidine rings is 1. The first-order valence-corrected chi connectivity index (χ1v) is 12.1. The molecule has 1 aliphatic carbocycles. The first-order chi connectivity index (χ1) is 14.2. The Bertz CT molecular complexity index is 809. The molecule has 5 nitrogen and oxygen atoms in total. The molecule has 1 aliphatic heterocycles. The summed E-state index contributed by atoms with van der Waals surface area (Å²) in [5.41, 5.74) is 0.888. The molecule has 1 heterocycles. The molecular weight excluding hydrogens is 417 g/mol. The van der Waals surface area contributed by atoms with E-state index in [0.29, 0.717) is 12.8 Å². The van der Waals surface area contributed by atoms with Crippen molar-refractivity contribution in [1.82, 2.24) is 9.62 Å². The van der Waals surface area contributed by atoms with Crippen LogP contribution in [0.4, 0.5) is 13.2 Å². The van der Waals surface area contributed by atoms with Gasteiger partial charge in [-0.25, -0.2) is 13.1 Å². The normalized spacial score (nSPS) is 20.6. The van der Waals surface area contributed by atoms with Crippen molar-refractivity contribution in [2.45, 2.75) is 80.8 Å². The number of rotatable bonds is 4. The van der Waals surface area contributed by atoms with Gasteiger partial charge in [-0.3, -0.25) is 4.79 Å². The maximum absolute atomic E-state index is 12.7. The van der Waals surface area contributed by atoms with Crippen LogP contribution in [-0.4, -0.2) is 44.5 Å². The SMILES string of the molecule is O=C(N1CCC(c2ccc(S(=O)(=O)NC3CCCCCCC3)cc2)CC1)C(F)(F)F. The first-order valence-electron chi connectivity index (χ1n) is 10.7. The van der Waals surface area contributed by atoms with Crippen molar-refractivity contribution < 1.29 is 26.4 Å². The molecule has 2 fully saturated rings. The lowest BCUT2D eigenvalue weighted by Crippen LogP contribution is -2.45. The van der Waals surface area contributed by atoms with Crippen molar-refractivity contribution in [3.63, 3.8) is 0 Å². The number of hydrogen-bond acceptors (Lipinski definition) is 3. The molecule has 0 spiro atoms. The lowest BCUT2D eigenvalue weighted by Gasteiger charge is -2.32. The molecule has 1 saturated carbocycles. The smallest absolute Gasteiger partial charge is 0.335 e. The minimum atomic E-state index is -4.84. The van der Waals surface area contributed by atoms with Gasteiger partial charge in [-0.2, -0.15) is 13.2 Å². The van der Waals surface area contributed by atoms with Crippen LogP contribution in [0, 0.1) is 0 Å². The Hall–Kier alpha value is -1.61. The standard InChI is InChI=1S/C21H29F3N2O3S/c22-21(23,24)20(27)26-14-12-17(13-15-26)16-8-10-19(11-9-16)30(28,29)25-18-6-4-2-1-3-5-7-18/h8-11,17-18,25H,1-7,12-15H2. The van der Waals surface area contributed by atoms with E-state index in [0.717, 1.165) is 49.0 Å². The number of likely N-dealkylation sites (tertiary alicyclic amines) is 1. The van der Waals surface area contributed by atoms with Crippen molar-refractivity contribution in [1.29, 1.82) is 0 Å². The third kappa shape index (κ3) is 5.97. The molecule has 9 heteroatoms. The molecule has 30 heavy (non-hydrogen) atoms. The van der Waals surface area contributed by atoms with Gasteiger partial charge in [0.2, 0.25) is 10.0 Å². The molecular formula is C21H29F3N2O3S. The molecule has 1 aromatic rings. The number of amides is 1. The van der Waals surface area contributed by atoms with Crippen LogP contribution >= 0.6 is 0 Å². The largest absolute Gasteiger partial charge is 0.471 e. The number of halogens is 3. The summed E-state index contributed by atoms with van der Waals surface area (Å²) >= 11 is 0. The zero-order valence-electron chi connectivity index (χ0n) is 17.0. The van der Waals surface area contributed by atoms with Gasteiger partial charge in [0.15, 0.2) is 0 Å². The zero-order chi connectivity index (χ0) is 21.8. The van der Waals surface area contributed by atoms with E-state index in [4.69, 9.17) is 0 Å². The highest BCUT2D eigenvalue weighted by Crippen LogP contribution is 2.31. The third-order valence-electron chi connectivity index (χ3n) is 6.11. The van der Waals surface area contributed by atoms with Gasteiger partial charge < -0.3 is 4.90 Å². The van der Waals surface area contributed by atoms with Crippen molar-refractivity contribution in [3.8, 4) is 0 Å². The van der Waals surface area contributed by atoms with Crippen LogP contribution in [0.5, 0.6) is 0 Å². The van der Waals surface area contributed by atoms with Crippen LogP contribution in [0.25, 0.3) is 0 Å². The molecule has 0 bridgehead atoms. The Morgan fingerprint density at radius 1 is 0.900 bits per heavy atom. The van der Waals surface area contributed by atoms with E-state index >= 15 is 0 Å². The summed E-state index contributed by atoms with van der Waals surface area (Å²) in [5, 5.41) is 0. The number of alkyl halides is 3. The Morgan fingerprint density at radius 2 is 1.43 bits per heavy atom. The van der Waals surface area contributed by atoms with Crippen LogP contribution in [0.15, 0.2) is 29.2 Å². The highest BCUT2D eigenvalue weighted by molar-refractivity contribution is 7.89. The van der Waals surface area contributed by atoms with Gasteiger partial charge >= 0.3 is 12.1 Å². The average Bonchev–Trinajstić information content (AvgIpc) is 2.69. The molecule has 1 aromatic carbocycles. The van der Waals surface area contributed by atoms with E-state index in [2.05, 4.69) is 4.72 Å². The first kappa shape index (κ1) is 23.1. The topological polar surface area (TPSA) is 66.5 Å². The molecule has 0 aromatic heterocycles. The highest BCUT2D eigenvalue weighted by atomic mass is 32.2. The number of hydrogen-bond donors (Lipinski definition) is 1. The minimum Gasteiger partial charge on any atom is -0.335 e. The van der Waals surface area contributed by atoms with E-state index in [9.17, 15) is 26.4 Å². The van der Waals surface area contributed by atoms with Gasteiger partial charge in [0, 0.05) is 19.1 Å². The van der Waals surface area contributed by atoms with Crippen LogP contribution in [0.1, 0.15) is 69.3 Å². The highest BCUT2D eigenvalue weighted by Gasteiger charge is 2.43. The van der Waals surface area contributed by atoms with E-state index in [-0.39, 0.29) is 29.9 Å². The Morgan fingerprint density at radius 3 is 1.97 bits per heavy atom. The molecule has 1 N–H and O–H groups in total. The molecule has 2 aliphatic rings. The summed E-state index contributed by atoms with van der Waals surface area (Å²) < 4.78 is 66.0. The van der Waals surface area contributed by atoms with Crippen LogP contribution in [-0.2, 0) is 14.8 Å². The predicted molar refractivity (Wildman–Crippen MR) is 107 cm³/mol. The monoisotopic (exact) mass is 446 g/mol. The molecule has 0 atom stereocenters. The van der Waals surface area contributed by atoms with Crippen LogP contribution in [0.3, 0.4) is 0 Å². The summed E-state index contributed by atoms with van der Waals surface area (Å²) in [7, 11) is -3.60. The molecule has 3 rings (SSSR count). The molecule has 0 radical (unpaired) electrons. The van der Waals surface area contributed by atoms with Gasteiger partial charge in [-0.05, 0) is 49.3 Å².